The van der Waals surface area contributed by atoms with Crippen LogP contribution in [0.4, 0.5) is 9.18 Å². The monoisotopic (exact) mass is 785 g/mol. The number of carbonyl (C=O) groups excluding carboxylic acids is 2. The molecule has 4 aromatic rings. The third kappa shape index (κ3) is 8.10. The van der Waals surface area contributed by atoms with E-state index in [4.69, 9.17) is 37.9 Å². The summed E-state index contributed by atoms with van der Waals surface area (Å²) in [5.41, 5.74) is 1.73. The quantitative estimate of drug-likeness (QED) is 0.183. The van der Waals surface area contributed by atoms with Crippen molar-refractivity contribution in [3.8, 4) is 5.75 Å². The standard InChI is InChI=1S/C44H50Cl2FN5O3/c1-8-55-37-26-38(42(3,4)5)48-27-36(37)40-50-43(6,31-11-15-33(45)16-12-31)44(7,32-13-17-34(46)18-14-32)52(40)41(54)51-23-21-29(22-24-51)25-39(53)49-28(2)30-9-19-35(47)20-10-30/h9-20,26-29H,8,21-25H2,1-7H3,(H,49,53)/t28-,43+,44-/m1/s1. The zero-order chi connectivity index (χ0) is 39.7. The van der Waals surface area contributed by atoms with Crippen LogP contribution in [0.3, 0.4) is 0 Å². The molecule has 3 heterocycles. The van der Waals surface area contributed by atoms with Crippen molar-refractivity contribution in [2.24, 2.45) is 10.9 Å². The fourth-order valence-corrected chi connectivity index (χ4v) is 7.98. The molecule has 3 aromatic carbocycles. The summed E-state index contributed by atoms with van der Waals surface area (Å²) in [5, 5.41) is 4.23. The van der Waals surface area contributed by atoms with Crippen LogP contribution in [0.2, 0.25) is 10.0 Å². The predicted molar refractivity (Wildman–Crippen MR) is 217 cm³/mol. The van der Waals surface area contributed by atoms with E-state index in [1.54, 1.807) is 18.3 Å². The number of ether oxygens (including phenoxy) is 1. The van der Waals surface area contributed by atoms with Crippen LogP contribution in [0.15, 0.2) is 90.1 Å². The van der Waals surface area contributed by atoms with E-state index in [2.05, 4.69) is 33.0 Å². The van der Waals surface area contributed by atoms with Gasteiger partial charge in [-0.1, -0.05) is 80.4 Å². The molecule has 0 radical (unpaired) electrons. The molecule has 1 saturated heterocycles. The number of urea groups is 1. The van der Waals surface area contributed by atoms with Gasteiger partial charge in [0.25, 0.3) is 0 Å². The number of aliphatic imine (C=N–C) groups is 1. The molecule has 6 rings (SSSR count). The van der Waals surface area contributed by atoms with Crippen LogP contribution >= 0.6 is 23.2 Å². The van der Waals surface area contributed by atoms with Crippen LogP contribution in [0.25, 0.3) is 0 Å². The van der Waals surface area contributed by atoms with Crippen LogP contribution in [-0.2, 0) is 21.3 Å². The first-order valence-corrected chi connectivity index (χ1v) is 19.7. The molecule has 11 heteroatoms. The first-order chi connectivity index (χ1) is 26.0. The van der Waals surface area contributed by atoms with Gasteiger partial charge in [-0.05, 0) is 99.5 Å². The average molecular weight is 787 g/mol. The highest BCUT2D eigenvalue weighted by Crippen LogP contribution is 2.54. The van der Waals surface area contributed by atoms with Crippen molar-refractivity contribution in [2.75, 3.05) is 19.7 Å². The van der Waals surface area contributed by atoms with Gasteiger partial charge in [0.15, 0.2) is 0 Å². The molecule has 0 saturated carbocycles. The van der Waals surface area contributed by atoms with E-state index in [0.717, 1.165) is 22.4 Å². The summed E-state index contributed by atoms with van der Waals surface area (Å²) in [4.78, 5) is 42.5. The van der Waals surface area contributed by atoms with Crippen LogP contribution in [0.1, 0.15) is 102 Å². The molecule has 290 valence electrons. The summed E-state index contributed by atoms with van der Waals surface area (Å²) in [7, 11) is 0. The van der Waals surface area contributed by atoms with Gasteiger partial charge in [-0.3, -0.25) is 19.7 Å². The first kappa shape index (κ1) is 40.2. The van der Waals surface area contributed by atoms with Gasteiger partial charge >= 0.3 is 6.03 Å². The number of carbonyl (C=O) groups is 2. The molecule has 0 spiro atoms. The summed E-state index contributed by atoms with van der Waals surface area (Å²) in [6.07, 6.45) is 3.42. The molecule has 1 N–H and O–H groups in total. The number of halogens is 3. The van der Waals surface area contributed by atoms with Crippen molar-refractivity contribution in [1.82, 2.24) is 20.1 Å². The van der Waals surface area contributed by atoms with Gasteiger partial charge in [0.2, 0.25) is 5.91 Å². The molecule has 55 heavy (non-hydrogen) atoms. The van der Waals surface area contributed by atoms with Gasteiger partial charge in [0, 0.05) is 52.9 Å². The zero-order valence-electron chi connectivity index (χ0n) is 32.6. The average Bonchev–Trinajstić information content (AvgIpc) is 3.39. The summed E-state index contributed by atoms with van der Waals surface area (Å²) < 4.78 is 19.7. The van der Waals surface area contributed by atoms with Crippen LogP contribution < -0.4 is 10.1 Å². The fourth-order valence-electron chi connectivity index (χ4n) is 7.72. The fraction of sp³-hybridized carbons (Fsp3) is 0.409. The summed E-state index contributed by atoms with van der Waals surface area (Å²) >= 11 is 12.8. The van der Waals surface area contributed by atoms with E-state index in [1.165, 1.54) is 12.1 Å². The number of amidine groups is 1. The Morgan fingerprint density at radius 3 is 2.09 bits per heavy atom. The number of hydrogen-bond acceptors (Lipinski definition) is 5. The molecule has 0 unspecified atom stereocenters. The Morgan fingerprint density at radius 2 is 1.53 bits per heavy atom. The smallest absolute Gasteiger partial charge is 0.326 e. The number of benzene rings is 3. The second-order valence-corrected chi connectivity index (χ2v) is 16.8. The Labute approximate surface area is 334 Å². The predicted octanol–water partition coefficient (Wildman–Crippen LogP) is 10.2. The lowest BCUT2D eigenvalue weighted by Crippen LogP contribution is -2.59. The van der Waals surface area contributed by atoms with Crippen molar-refractivity contribution < 1.29 is 18.7 Å². The zero-order valence-corrected chi connectivity index (χ0v) is 34.1. The van der Waals surface area contributed by atoms with E-state index in [9.17, 15) is 9.18 Å². The first-order valence-electron chi connectivity index (χ1n) is 18.9. The molecule has 3 amide bonds. The highest BCUT2D eigenvalue weighted by Gasteiger charge is 2.60. The minimum absolute atomic E-state index is 0.0701. The van der Waals surface area contributed by atoms with E-state index in [0.29, 0.717) is 66.2 Å². The lowest BCUT2D eigenvalue weighted by Gasteiger charge is -2.47. The number of nitrogens with zero attached hydrogens (tertiary/aromatic N) is 4. The maximum absolute atomic E-state index is 15.3. The largest absolute Gasteiger partial charge is 0.493 e. The van der Waals surface area contributed by atoms with Crippen LogP contribution in [-0.4, -0.2) is 52.3 Å². The van der Waals surface area contributed by atoms with Gasteiger partial charge in [-0.2, -0.15) is 0 Å². The van der Waals surface area contributed by atoms with Gasteiger partial charge < -0.3 is 15.0 Å². The third-order valence-corrected chi connectivity index (χ3v) is 11.7. The number of aromatic nitrogens is 1. The minimum Gasteiger partial charge on any atom is -0.493 e. The third-order valence-electron chi connectivity index (χ3n) is 11.2. The summed E-state index contributed by atoms with van der Waals surface area (Å²) in [5.74, 6) is 0.755. The molecular weight excluding hydrogens is 736 g/mol. The summed E-state index contributed by atoms with van der Waals surface area (Å²) in [6.45, 7) is 15.6. The van der Waals surface area contributed by atoms with Crippen molar-refractivity contribution in [1.29, 1.82) is 0 Å². The number of amides is 3. The van der Waals surface area contributed by atoms with Crippen molar-refractivity contribution in [3.63, 3.8) is 0 Å². The molecule has 2 aliphatic rings. The minimum atomic E-state index is -1.06. The van der Waals surface area contributed by atoms with Gasteiger partial charge in [0.1, 0.15) is 28.5 Å². The van der Waals surface area contributed by atoms with Crippen molar-refractivity contribution >= 4 is 41.0 Å². The van der Waals surface area contributed by atoms with E-state index in [-0.39, 0.29) is 35.1 Å². The molecule has 1 fully saturated rings. The second kappa shape index (κ2) is 15.9. The molecule has 1 aromatic heterocycles. The maximum atomic E-state index is 15.3. The molecule has 8 nitrogen and oxygen atoms in total. The van der Waals surface area contributed by atoms with Crippen molar-refractivity contribution in [2.45, 2.75) is 90.3 Å². The number of pyridine rings is 1. The molecule has 0 aliphatic carbocycles. The van der Waals surface area contributed by atoms with E-state index in [1.807, 2.05) is 85.2 Å². The SMILES string of the molecule is CCOc1cc(C(C)(C)C)ncc1C1=N[C@@](C)(c2ccc(Cl)cc2)[C@@](C)(c2ccc(Cl)cc2)N1C(=O)N1CCC(CC(=O)N[C@H](C)c2ccc(F)cc2)CC1. The highest BCUT2D eigenvalue weighted by molar-refractivity contribution is 6.30. The lowest BCUT2D eigenvalue weighted by molar-refractivity contribution is -0.122. The Morgan fingerprint density at radius 1 is 0.945 bits per heavy atom. The summed E-state index contributed by atoms with van der Waals surface area (Å²) in [6, 6.07) is 22.8. The van der Waals surface area contributed by atoms with E-state index < -0.39 is 11.1 Å². The maximum Gasteiger partial charge on any atom is 0.326 e. The number of hydrogen-bond donors (Lipinski definition) is 1. The molecule has 0 bridgehead atoms. The Balaban J connectivity index is 1.36. The van der Waals surface area contributed by atoms with Crippen LogP contribution in [0.5, 0.6) is 5.75 Å². The van der Waals surface area contributed by atoms with E-state index >= 15 is 4.79 Å². The molecule has 2 aliphatic heterocycles. The van der Waals surface area contributed by atoms with Crippen LogP contribution in [0, 0.1) is 11.7 Å². The van der Waals surface area contributed by atoms with Gasteiger partial charge in [-0.15, -0.1) is 0 Å². The Kier molecular flexibility index (Phi) is 11.7. The molecular formula is C44H50Cl2FN5O3. The normalized spacial score (nSPS) is 20.9. The number of nitrogens with one attached hydrogen (secondary N) is 1. The Hall–Kier alpha value is -4.47. The highest BCUT2D eigenvalue weighted by atomic mass is 35.5. The van der Waals surface area contributed by atoms with Gasteiger partial charge in [-0.25, -0.2) is 9.18 Å². The number of piperidine rings is 1. The topological polar surface area (TPSA) is 87.1 Å². The lowest BCUT2D eigenvalue weighted by atomic mass is 9.71. The number of likely N-dealkylation sites (tertiary alicyclic amines) is 1. The van der Waals surface area contributed by atoms with Gasteiger partial charge in [0.05, 0.1) is 18.2 Å². The van der Waals surface area contributed by atoms with Crippen molar-refractivity contribution in [3.05, 3.63) is 129 Å². The second-order valence-electron chi connectivity index (χ2n) is 15.9. The molecule has 3 atom stereocenters. The number of rotatable bonds is 9. The Bertz CT molecular complexity index is 2040.